The zero-order valence-electron chi connectivity index (χ0n) is 12.3. The number of rotatable bonds is 6. The Bertz CT molecular complexity index is 459. The molecule has 0 saturated carbocycles. The SMILES string of the molecule is CCCN1CCOC(C(Cc2ccc(F)cc2Br)NN)C1. The van der Waals surface area contributed by atoms with Crippen LogP contribution < -0.4 is 11.3 Å². The highest BCUT2D eigenvalue weighted by Crippen LogP contribution is 2.21. The molecule has 1 heterocycles. The molecule has 21 heavy (non-hydrogen) atoms. The summed E-state index contributed by atoms with van der Waals surface area (Å²) in [6, 6.07) is 4.75. The Morgan fingerprint density at radius 3 is 3.05 bits per heavy atom. The summed E-state index contributed by atoms with van der Waals surface area (Å²) in [5.41, 5.74) is 3.88. The van der Waals surface area contributed by atoms with E-state index in [1.165, 1.54) is 12.1 Å². The molecule has 1 aromatic carbocycles. The maximum Gasteiger partial charge on any atom is 0.124 e. The van der Waals surface area contributed by atoms with Gasteiger partial charge < -0.3 is 4.74 Å². The molecule has 6 heteroatoms. The summed E-state index contributed by atoms with van der Waals surface area (Å²) in [5.74, 6) is 5.47. The van der Waals surface area contributed by atoms with Gasteiger partial charge in [0.05, 0.1) is 18.8 Å². The topological polar surface area (TPSA) is 50.5 Å². The zero-order valence-corrected chi connectivity index (χ0v) is 13.9. The minimum Gasteiger partial charge on any atom is -0.374 e. The monoisotopic (exact) mass is 359 g/mol. The van der Waals surface area contributed by atoms with Crippen LogP contribution in [-0.2, 0) is 11.2 Å². The van der Waals surface area contributed by atoms with Crippen molar-refractivity contribution in [2.24, 2.45) is 5.84 Å². The number of nitrogens with one attached hydrogen (secondary N) is 1. The summed E-state index contributed by atoms with van der Waals surface area (Å²) in [7, 11) is 0. The van der Waals surface area contributed by atoms with E-state index >= 15 is 0 Å². The van der Waals surface area contributed by atoms with Gasteiger partial charge in [-0.05, 0) is 37.1 Å². The maximum atomic E-state index is 13.2. The van der Waals surface area contributed by atoms with Crippen molar-refractivity contribution in [3.63, 3.8) is 0 Å². The maximum absolute atomic E-state index is 13.2. The standard InChI is InChI=1S/C15H23BrFN3O/c1-2-5-20-6-7-21-15(10-20)14(19-18)8-11-3-4-12(17)9-13(11)16/h3-4,9,14-15,19H,2,5-8,10,18H2,1H3. The largest absolute Gasteiger partial charge is 0.374 e. The molecule has 1 fully saturated rings. The van der Waals surface area contributed by atoms with Crippen LogP contribution in [0.25, 0.3) is 0 Å². The van der Waals surface area contributed by atoms with E-state index in [0.29, 0.717) is 6.42 Å². The van der Waals surface area contributed by atoms with Crippen molar-refractivity contribution in [1.82, 2.24) is 10.3 Å². The highest BCUT2D eigenvalue weighted by molar-refractivity contribution is 9.10. The molecule has 1 aromatic rings. The fourth-order valence-corrected chi connectivity index (χ4v) is 3.23. The predicted molar refractivity (Wildman–Crippen MR) is 85.4 cm³/mol. The number of benzene rings is 1. The van der Waals surface area contributed by atoms with E-state index in [1.54, 1.807) is 6.07 Å². The van der Waals surface area contributed by atoms with Crippen LogP contribution in [-0.4, -0.2) is 43.3 Å². The van der Waals surface area contributed by atoms with Gasteiger partial charge in [-0.1, -0.05) is 28.9 Å². The molecular formula is C15H23BrFN3O. The first-order chi connectivity index (χ1) is 10.1. The van der Waals surface area contributed by atoms with E-state index in [2.05, 4.69) is 33.2 Å². The van der Waals surface area contributed by atoms with Gasteiger partial charge in [-0.15, -0.1) is 0 Å². The molecule has 0 radical (unpaired) electrons. The average Bonchev–Trinajstić information content (AvgIpc) is 2.47. The minimum atomic E-state index is -0.245. The predicted octanol–water partition coefficient (Wildman–Crippen LogP) is 2.07. The second-order valence-corrected chi connectivity index (χ2v) is 6.28. The summed E-state index contributed by atoms with van der Waals surface area (Å²) >= 11 is 3.41. The lowest BCUT2D eigenvalue weighted by Gasteiger charge is -2.36. The Balaban J connectivity index is 2.01. The Morgan fingerprint density at radius 1 is 1.57 bits per heavy atom. The lowest BCUT2D eigenvalue weighted by atomic mass is 10.0. The van der Waals surface area contributed by atoms with Gasteiger partial charge in [0, 0.05) is 17.6 Å². The summed E-state index contributed by atoms with van der Waals surface area (Å²) in [5, 5.41) is 0. The van der Waals surface area contributed by atoms with Crippen molar-refractivity contribution in [3.8, 4) is 0 Å². The second-order valence-electron chi connectivity index (χ2n) is 5.42. The number of hydrogen-bond donors (Lipinski definition) is 2. The van der Waals surface area contributed by atoms with Crippen LogP contribution in [0.5, 0.6) is 0 Å². The molecule has 2 rings (SSSR count). The van der Waals surface area contributed by atoms with Crippen molar-refractivity contribution in [2.45, 2.75) is 31.9 Å². The Kier molecular flexibility index (Phi) is 6.57. The molecule has 0 spiro atoms. The van der Waals surface area contributed by atoms with Crippen LogP contribution in [0.2, 0.25) is 0 Å². The van der Waals surface area contributed by atoms with Crippen LogP contribution >= 0.6 is 15.9 Å². The van der Waals surface area contributed by atoms with Crippen LogP contribution in [0.15, 0.2) is 22.7 Å². The van der Waals surface area contributed by atoms with Crippen LogP contribution in [0.3, 0.4) is 0 Å². The quantitative estimate of drug-likeness (QED) is 0.603. The molecule has 1 saturated heterocycles. The fraction of sp³-hybridized carbons (Fsp3) is 0.600. The number of hydrazine groups is 1. The van der Waals surface area contributed by atoms with E-state index in [1.807, 2.05) is 0 Å². The van der Waals surface area contributed by atoms with Gasteiger partial charge in [0.15, 0.2) is 0 Å². The molecule has 118 valence electrons. The molecule has 3 N–H and O–H groups in total. The molecular weight excluding hydrogens is 337 g/mol. The van der Waals surface area contributed by atoms with Gasteiger partial charge in [-0.25, -0.2) is 4.39 Å². The summed E-state index contributed by atoms with van der Waals surface area (Å²) in [4.78, 5) is 2.40. The van der Waals surface area contributed by atoms with Crippen LogP contribution in [0.1, 0.15) is 18.9 Å². The molecule has 1 aliphatic rings. The van der Waals surface area contributed by atoms with E-state index in [-0.39, 0.29) is 18.0 Å². The molecule has 0 aromatic heterocycles. The van der Waals surface area contributed by atoms with E-state index in [9.17, 15) is 4.39 Å². The molecule has 1 aliphatic heterocycles. The van der Waals surface area contributed by atoms with Gasteiger partial charge >= 0.3 is 0 Å². The van der Waals surface area contributed by atoms with Crippen LogP contribution in [0, 0.1) is 5.82 Å². The normalized spacial score (nSPS) is 21.4. The summed E-state index contributed by atoms with van der Waals surface area (Å²) in [6.45, 7) is 5.84. The second kappa shape index (κ2) is 8.19. The van der Waals surface area contributed by atoms with Crippen LogP contribution in [0.4, 0.5) is 4.39 Å². The third-order valence-electron chi connectivity index (χ3n) is 3.84. The van der Waals surface area contributed by atoms with Crippen molar-refractivity contribution in [3.05, 3.63) is 34.1 Å². The third kappa shape index (κ3) is 4.72. The van der Waals surface area contributed by atoms with Crippen molar-refractivity contribution < 1.29 is 9.13 Å². The molecule has 2 atom stereocenters. The van der Waals surface area contributed by atoms with Crippen molar-refractivity contribution in [2.75, 3.05) is 26.2 Å². The lowest BCUT2D eigenvalue weighted by Crippen LogP contribution is -2.54. The Hall–Kier alpha value is -0.530. The molecule has 2 unspecified atom stereocenters. The Morgan fingerprint density at radius 2 is 2.38 bits per heavy atom. The highest BCUT2D eigenvalue weighted by Gasteiger charge is 2.27. The Labute approximate surface area is 133 Å². The van der Waals surface area contributed by atoms with E-state index < -0.39 is 0 Å². The smallest absolute Gasteiger partial charge is 0.124 e. The molecule has 4 nitrogen and oxygen atoms in total. The fourth-order valence-electron chi connectivity index (χ4n) is 2.72. The number of ether oxygens (including phenoxy) is 1. The summed E-state index contributed by atoms with van der Waals surface area (Å²) < 4.78 is 19.8. The molecule has 0 aliphatic carbocycles. The highest BCUT2D eigenvalue weighted by atomic mass is 79.9. The third-order valence-corrected chi connectivity index (χ3v) is 4.57. The number of hydrogen-bond acceptors (Lipinski definition) is 4. The zero-order chi connectivity index (χ0) is 15.2. The number of halogens is 2. The lowest BCUT2D eigenvalue weighted by molar-refractivity contribution is -0.0462. The van der Waals surface area contributed by atoms with Crippen molar-refractivity contribution >= 4 is 15.9 Å². The van der Waals surface area contributed by atoms with E-state index in [0.717, 1.165) is 42.7 Å². The van der Waals surface area contributed by atoms with Gasteiger partial charge in [0.25, 0.3) is 0 Å². The van der Waals surface area contributed by atoms with Gasteiger partial charge in [-0.3, -0.25) is 16.2 Å². The number of morpholine rings is 1. The van der Waals surface area contributed by atoms with E-state index in [4.69, 9.17) is 10.6 Å². The minimum absolute atomic E-state index is 0.00594. The number of nitrogens with zero attached hydrogens (tertiary/aromatic N) is 1. The summed E-state index contributed by atoms with van der Waals surface area (Å²) in [6.07, 6.45) is 1.88. The van der Waals surface area contributed by atoms with Gasteiger partial charge in [-0.2, -0.15) is 0 Å². The number of nitrogens with two attached hydrogens (primary N) is 1. The first-order valence-electron chi connectivity index (χ1n) is 7.38. The first kappa shape index (κ1) is 16.8. The van der Waals surface area contributed by atoms with Crippen molar-refractivity contribution in [1.29, 1.82) is 0 Å². The van der Waals surface area contributed by atoms with Gasteiger partial charge in [0.1, 0.15) is 5.82 Å². The average molecular weight is 360 g/mol. The molecule has 0 amide bonds. The first-order valence-corrected chi connectivity index (χ1v) is 8.17. The van der Waals surface area contributed by atoms with Gasteiger partial charge in [0.2, 0.25) is 0 Å². The molecule has 0 bridgehead atoms.